The first-order chi connectivity index (χ1) is 4.83. The van der Waals surface area contributed by atoms with Crippen LogP contribution in [0.2, 0.25) is 5.02 Å². The van der Waals surface area contributed by atoms with E-state index in [0.717, 1.165) is 13.0 Å². The molecule has 1 heterocycles. The van der Waals surface area contributed by atoms with Crippen LogP contribution in [0, 0.1) is 0 Å². The highest BCUT2D eigenvalue weighted by Gasteiger charge is 1.92. The normalized spacial score (nSPS) is 8.50. The number of hydrogen-bond acceptors (Lipinski definition) is 2. The summed E-state index contributed by atoms with van der Waals surface area (Å²) in [6.45, 7) is 1.54. The lowest BCUT2D eigenvalue weighted by Gasteiger charge is -1.96. The van der Waals surface area contributed by atoms with Crippen LogP contribution < -0.4 is 5.73 Å². The van der Waals surface area contributed by atoms with Crippen LogP contribution in [0.3, 0.4) is 0 Å². The van der Waals surface area contributed by atoms with E-state index in [1.165, 1.54) is 0 Å². The molecule has 0 bridgehead atoms. The van der Waals surface area contributed by atoms with Crippen molar-refractivity contribution >= 4 is 36.4 Å². The molecule has 0 saturated carbocycles. The van der Waals surface area contributed by atoms with E-state index in [9.17, 15) is 0 Å². The van der Waals surface area contributed by atoms with Gasteiger partial charge in [0.2, 0.25) is 0 Å². The topological polar surface area (TPSA) is 43.8 Å². The van der Waals surface area contributed by atoms with Crippen LogP contribution in [0.4, 0.5) is 0 Å². The quantitative estimate of drug-likeness (QED) is 0.863. The van der Waals surface area contributed by atoms with Crippen LogP contribution in [-0.4, -0.2) is 16.3 Å². The number of hydrogen-bond donors (Lipinski definition) is 1. The zero-order valence-electron chi connectivity index (χ0n) is 6.44. The summed E-state index contributed by atoms with van der Waals surface area (Å²) in [6.07, 6.45) is 4.35. The molecule has 0 atom stereocenters. The predicted octanol–water partition coefficient (Wildman–Crippen LogP) is 1.73. The van der Waals surface area contributed by atoms with Gasteiger partial charge in [-0.15, -0.1) is 24.8 Å². The standard InChI is InChI=1S/C6H10ClN3.2ClH/c7-6-4-9-10(5-6)3-1-2-8;;/h4-5H,1-3,8H2;2*1H. The van der Waals surface area contributed by atoms with Crippen molar-refractivity contribution < 1.29 is 0 Å². The van der Waals surface area contributed by atoms with Gasteiger partial charge in [0, 0.05) is 12.7 Å². The Balaban J connectivity index is 0. The average Bonchev–Trinajstić information content (AvgIpc) is 2.31. The van der Waals surface area contributed by atoms with Crippen LogP contribution in [0.5, 0.6) is 0 Å². The summed E-state index contributed by atoms with van der Waals surface area (Å²) in [5.74, 6) is 0. The maximum atomic E-state index is 5.62. The van der Waals surface area contributed by atoms with Crippen molar-refractivity contribution in [2.24, 2.45) is 5.73 Å². The molecule has 0 amide bonds. The molecule has 0 aromatic carbocycles. The fourth-order valence-electron chi connectivity index (χ4n) is 0.714. The van der Waals surface area contributed by atoms with Gasteiger partial charge in [0.25, 0.3) is 0 Å². The van der Waals surface area contributed by atoms with Gasteiger partial charge in [0.1, 0.15) is 0 Å². The predicted molar refractivity (Wildman–Crippen MR) is 55.4 cm³/mol. The highest BCUT2D eigenvalue weighted by atomic mass is 35.5. The lowest BCUT2D eigenvalue weighted by atomic mass is 10.4. The van der Waals surface area contributed by atoms with Crippen molar-refractivity contribution in [1.29, 1.82) is 0 Å². The molecule has 0 spiro atoms. The molecule has 0 aliphatic rings. The molecule has 1 aromatic rings. The zero-order valence-corrected chi connectivity index (χ0v) is 8.83. The number of aryl methyl sites for hydroxylation is 1. The monoisotopic (exact) mass is 231 g/mol. The molecule has 0 aliphatic carbocycles. The van der Waals surface area contributed by atoms with Crippen molar-refractivity contribution in [2.75, 3.05) is 6.54 Å². The third kappa shape index (κ3) is 4.83. The first kappa shape index (κ1) is 14.6. The SMILES string of the molecule is Cl.Cl.NCCCn1cc(Cl)cn1. The number of nitrogens with two attached hydrogens (primary N) is 1. The second-order valence-electron chi connectivity index (χ2n) is 2.06. The summed E-state index contributed by atoms with van der Waals surface area (Å²) in [5.41, 5.74) is 5.31. The van der Waals surface area contributed by atoms with Gasteiger partial charge >= 0.3 is 0 Å². The summed E-state index contributed by atoms with van der Waals surface area (Å²) in [6, 6.07) is 0. The van der Waals surface area contributed by atoms with Gasteiger partial charge < -0.3 is 5.73 Å². The summed E-state index contributed by atoms with van der Waals surface area (Å²) in [4.78, 5) is 0. The molecule has 0 aliphatic heterocycles. The highest BCUT2D eigenvalue weighted by Crippen LogP contribution is 2.04. The molecule has 1 rings (SSSR count). The molecule has 2 N–H and O–H groups in total. The van der Waals surface area contributed by atoms with E-state index < -0.39 is 0 Å². The number of halogens is 3. The lowest BCUT2D eigenvalue weighted by molar-refractivity contribution is 0.585. The third-order valence-electron chi connectivity index (χ3n) is 1.19. The van der Waals surface area contributed by atoms with E-state index >= 15 is 0 Å². The summed E-state index contributed by atoms with van der Waals surface area (Å²) in [5, 5.41) is 4.66. The lowest BCUT2D eigenvalue weighted by Crippen LogP contribution is -2.05. The summed E-state index contributed by atoms with van der Waals surface area (Å²) >= 11 is 5.62. The van der Waals surface area contributed by atoms with Gasteiger partial charge in [-0.05, 0) is 13.0 Å². The van der Waals surface area contributed by atoms with Crippen molar-refractivity contribution in [2.45, 2.75) is 13.0 Å². The van der Waals surface area contributed by atoms with E-state index in [2.05, 4.69) is 5.10 Å². The van der Waals surface area contributed by atoms with E-state index in [4.69, 9.17) is 17.3 Å². The first-order valence-electron chi connectivity index (χ1n) is 3.21. The fraction of sp³-hybridized carbons (Fsp3) is 0.500. The Bertz CT molecular complexity index is 202. The van der Waals surface area contributed by atoms with E-state index in [-0.39, 0.29) is 24.8 Å². The van der Waals surface area contributed by atoms with Gasteiger partial charge in [0.15, 0.2) is 0 Å². The Morgan fingerprint density at radius 2 is 2.17 bits per heavy atom. The molecule has 0 radical (unpaired) electrons. The Morgan fingerprint density at radius 1 is 1.50 bits per heavy atom. The molecule has 72 valence electrons. The van der Waals surface area contributed by atoms with Crippen molar-refractivity contribution in [3.8, 4) is 0 Å². The Labute approximate surface area is 89.1 Å². The van der Waals surface area contributed by atoms with Crippen molar-refractivity contribution in [3.63, 3.8) is 0 Å². The minimum Gasteiger partial charge on any atom is -0.330 e. The maximum Gasteiger partial charge on any atom is 0.0785 e. The highest BCUT2D eigenvalue weighted by molar-refractivity contribution is 6.30. The Kier molecular flexibility index (Phi) is 9.31. The van der Waals surface area contributed by atoms with Crippen LogP contribution in [0.15, 0.2) is 12.4 Å². The first-order valence-corrected chi connectivity index (χ1v) is 3.59. The van der Waals surface area contributed by atoms with Crippen LogP contribution in [0.25, 0.3) is 0 Å². The molecule has 3 nitrogen and oxygen atoms in total. The van der Waals surface area contributed by atoms with E-state index in [1.807, 2.05) is 0 Å². The minimum absolute atomic E-state index is 0. The summed E-state index contributed by atoms with van der Waals surface area (Å²) < 4.78 is 1.79. The van der Waals surface area contributed by atoms with Crippen molar-refractivity contribution in [3.05, 3.63) is 17.4 Å². The van der Waals surface area contributed by atoms with Crippen molar-refractivity contribution in [1.82, 2.24) is 9.78 Å². The Hall–Kier alpha value is 0.0400. The van der Waals surface area contributed by atoms with Gasteiger partial charge in [0.05, 0.1) is 11.2 Å². The van der Waals surface area contributed by atoms with Gasteiger partial charge in [-0.2, -0.15) is 5.10 Å². The second-order valence-corrected chi connectivity index (χ2v) is 2.50. The summed E-state index contributed by atoms with van der Waals surface area (Å²) in [7, 11) is 0. The van der Waals surface area contributed by atoms with E-state index in [1.54, 1.807) is 17.1 Å². The number of aromatic nitrogens is 2. The zero-order chi connectivity index (χ0) is 7.40. The van der Waals surface area contributed by atoms with Gasteiger partial charge in [-0.25, -0.2) is 0 Å². The maximum absolute atomic E-state index is 5.62. The molecular weight excluding hydrogens is 220 g/mol. The molecular formula is C6H12Cl3N3. The Morgan fingerprint density at radius 3 is 2.58 bits per heavy atom. The molecule has 0 unspecified atom stereocenters. The third-order valence-corrected chi connectivity index (χ3v) is 1.39. The van der Waals surface area contributed by atoms with Crippen LogP contribution in [0.1, 0.15) is 6.42 Å². The smallest absolute Gasteiger partial charge is 0.0785 e. The largest absolute Gasteiger partial charge is 0.330 e. The molecule has 6 heteroatoms. The minimum atomic E-state index is 0. The second kappa shape index (κ2) is 7.68. The molecule has 1 aromatic heterocycles. The fourth-order valence-corrected chi connectivity index (χ4v) is 0.870. The molecule has 0 saturated heterocycles. The average molecular weight is 233 g/mol. The van der Waals surface area contributed by atoms with Gasteiger partial charge in [-0.1, -0.05) is 11.6 Å². The van der Waals surface area contributed by atoms with Crippen LogP contribution >= 0.6 is 36.4 Å². The molecule has 12 heavy (non-hydrogen) atoms. The van der Waals surface area contributed by atoms with Gasteiger partial charge in [-0.3, -0.25) is 4.68 Å². The molecule has 0 fully saturated rings. The number of rotatable bonds is 3. The van der Waals surface area contributed by atoms with Crippen LogP contribution in [-0.2, 0) is 6.54 Å². The number of nitrogens with zero attached hydrogens (tertiary/aromatic N) is 2. The van der Waals surface area contributed by atoms with E-state index in [0.29, 0.717) is 11.6 Å².